The second-order valence-electron chi connectivity index (χ2n) is 5.79. The number of hydrogen-bond acceptors (Lipinski definition) is 3. The number of alkyl halides is 2. The number of ether oxygens (including phenoxy) is 1. The van der Waals surface area contributed by atoms with Crippen LogP contribution in [-0.4, -0.2) is 31.0 Å². The molecular weight excluding hydrogens is 256 g/mol. The Labute approximate surface area is 110 Å². The summed E-state index contributed by atoms with van der Waals surface area (Å²) in [4.78, 5) is 23.4. The van der Waals surface area contributed by atoms with Crippen molar-refractivity contribution in [2.24, 2.45) is 23.7 Å². The summed E-state index contributed by atoms with van der Waals surface area (Å²) in [6.45, 7) is 3.47. The van der Waals surface area contributed by atoms with Crippen LogP contribution >= 0.6 is 0 Å². The number of ketones is 1. The predicted molar refractivity (Wildman–Crippen MR) is 63.8 cm³/mol. The molecule has 0 bridgehead atoms. The number of hydrogen-bond donors (Lipinski definition) is 1. The van der Waals surface area contributed by atoms with Crippen LogP contribution in [0, 0.1) is 23.7 Å². The van der Waals surface area contributed by atoms with Gasteiger partial charge in [-0.1, -0.05) is 13.8 Å². The number of nitrogens with one attached hydrogen (secondary N) is 1. The van der Waals surface area contributed by atoms with E-state index in [9.17, 15) is 18.4 Å². The fraction of sp³-hybridized carbons (Fsp3) is 0.846. The molecule has 2 saturated carbocycles. The van der Waals surface area contributed by atoms with Gasteiger partial charge in [0.25, 0.3) is 5.92 Å². The third-order valence-corrected chi connectivity index (χ3v) is 4.28. The summed E-state index contributed by atoms with van der Waals surface area (Å²) in [5.41, 5.74) is 0. The van der Waals surface area contributed by atoms with Crippen LogP contribution in [0.5, 0.6) is 0 Å². The zero-order chi connectivity index (χ0) is 14.4. The van der Waals surface area contributed by atoms with E-state index < -0.39 is 29.9 Å². The number of methoxy groups -OCH3 is 1. The number of alkyl carbamates (subject to hydrolysis) is 1. The molecule has 2 aliphatic carbocycles. The fourth-order valence-electron chi connectivity index (χ4n) is 3.09. The Hall–Kier alpha value is -1.20. The van der Waals surface area contributed by atoms with E-state index in [1.807, 2.05) is 0 Å². The average molecular weight is 275 g/mol. The van der Waals surface area contributed by atoms with Gasteiger partial charge in [0.2, 0.25) is 0 Å². The molecule has 2 fully saturated rings. The average Bonchev–Trinajstić information content (AvgIpc) is 2.74. The van der Waals surface area contributed by atoms with Gasteiger partial charge in [-0.2, -0.15) is 0 Å². The summed E-state index contributed by atoms with van der Waals surface area (Å²) < 4.78 is 30.8. The van der Waals surface area contributed by atoms with Crippen molar-refractivity contribution in [3.8, 4) is 0 Å². The second kappa shape index (κ2) is 4.72. The molecule has 0 aliphatic heterocycles. The van der Waals surface area contributed by atoms with E-state index in [0.29, 0.717) is 12.8 Å². The first-order valence-electron chi connectivity index (χ1n) is 6.55. The van der Waals surface area contributed by atoms with E-state index in [-0.39, 0.29) is 17.6 Å². The molecule has 0 radical (unpaired) electrons. The predicted octanol–water partition coefficient (Wildman–Crippen LogP) is 2.23. The van der Waals surface area contributed by atoms with Crippen LogP contribution in [0.1, 0.15) is 26.7 Å². The van der Waals surface area contributed by atoms with Gasteiger partial charge in [0, 0.05) is 17.8 Å². The Morgan fingerprint density at radius 2 is 1.79 bits per heavy atom. The third-order valence-electron chi connectivity index (χ3n) is 4.28. The molecule has 108 valence electrons. The van der Waals surface area contributed by atoms with Gasteiger partial charge in [-0.3, -0.25) is 4.79 Å². The molecule has 2 rings (SSSR count). The monoisotopic (exact) mass is 275 g/mol. The smallest absolute Gasteiger partial charge is 0.407 e. The number of carbonyl (C=O) groups is 2. The number of Topliss-reactive ketones (excluding diaryl/α,β-unsaturated/α-hetero) is 1. The molecule has 4 atom stereocenters. The highest BCUT2D eigenvalue weighted by molar-refractivity contribution is 5.89. The minimum absolute atomic E-state index is 0.125. The van der Waals surface area contributed by atoms with Crippen molar-refractivity contribution in [1.82, 2.24) is 5.32 Å². The molecular formula is C13H19F2NO3. The topological polar surface area (TPSA) is 55.4 Å². The minimum atomic E-state index is -2.56. The number of amides is 1. The number of carbonyl (C=O) groups excluding carboxylic acids is 2. The zero-order valence-electron chi connectivity index (χ0n) is 11.3. The van der Waals surface area contributed by atoms with Gasteiger partial charge >= 0.3 is 6.09 Å². The van der Waals surface area contributed by atoms with Crippen LogP contribution in [0.3, 0.4) is 0 Å². The van der Waals surface area contributed by atoms with Gasteiger partial charge < -0.3 is 10.1 Å². The standard InChI is InChI=1S/C13H19F2NO3/c1-6(2)11(17)10(16-12(18)19-3)7-4-8-9(5-7)13(8,14)15/h6-10H,4-5H2,1-3H3,(H,16,18)/t7-,8+,9-,10?. The number of halogens is 2. The molecule has 6 heteroatoms. The van der Waals surface area contributed by atoms with Gasteiger partial charge in [0.15, 0.2) is 5.78 Å². The lowest BCUT2D eigenvalue weighted by Crippen LogP contribution is -2.47. The Morgan fingerprint density at radius 3 is 2.21 bits per heavy atom. The van der Waals surface area contributed by atoms with Crippen molar-refractivity contribution in [1.29, 1.82) is 0 Å². The van der Waals surface area contributed by atoms with Crippen molar-refractivity contribution in [2.45, 2.75) is 38.7 Å². The van der Waals surface area contributed by atoms with Crippen LogP contribution < -0.4 is 5.32 Å². The van der Waals surface area contributed by atoms with Crippen molar-refractivity contribution >= 4 is 11.9 Å². The minimum Gasteiger partial charge on any atom is -0.453 e. The highest BCUT2D eigenvalue weighted by Crippen LogP contribution is 2.66. The maximum atomic E-state index is 13.2. The first-order chi connectivity index (χ1) is 8.78. The van der Waals surface area contributed by atoms with Crippen molar-refractivity contribution in [2.75, 3.05) is 7.11 Å². The third kappa shape index (κ3) is 2.44. The lowest BCUT2D eigenvalue weighted by atomic mass is 9.87. The van der Waals surface area contributed by atoms with Gasteiger partial charge in [-0.15, -0.1) is 0 Å². The maximum absolute atomic E-state index is 13.2. The molecule has 0 spiro atoms. The molecule has 0 aromatic rings. The van der Waals surface area contributed by atoms with E-state index >= 15 is 0 Å². The molecule has 1 unspecified atom stereocenters. The van der Waals surface area contributed by atoms with E-state index in [0.717, 1.165) is 0 Å². The molecule has 0 aromatic heterocycles. The SMILES string of the molecule is COC(=O)NC(C(=O)C(C)C)[C@H]1C[C@@H]2[C@H](C1)C2(F)F. The second-order valence-corrected chi connectivity index (χ2v) is 5.79. The largest absolute Gasteiger partial charge is 0.453 e. The Kier molecular flexibility index (Phi) is 3.53. The Bertz CT molecular complexity index is 383. The number of fused-ring (bicyclic) bond motifs is 1. The molecule has 2 aliphatic rings. The maximum Gasteiger partial charge on any atom is 0.407 e. The molecule has 19 heavy (non-hydrogen) atoms. The molecule has 0 saturated heterocycles. The summed E-state index contributed by atoms with van der Waals surface area (Å²) in [5, 5.41) is 2.50. The Morgan fingerprint density at radius 1 is 1.26 bits per heavy atom. The van der Waals surface area contributed by atoms with E-state index in [1.165, 1.54) is 7.11 Å². The highest BCUT2D eigenvalue weighted by Gasteiger charge is 2.72. The zero-order valence-corrected chi connectivity index (χ0v) is 11.3. The molecule has 0 heterocycles. The van der Waals surface area contributed by atoms with Crippen molar-refractivity contribution in [3.63, 3.8) is 0 Å². The fourth-order valence-corrected chi connectivity index (χ4v) is 3.09. The van der Waals surface area contributed by atoms with Gasteiger partial charge in [-0.25, -0.2) is 13.6 Å². The van der Waals surface area contributed by atoms with E-state index in [4.69, 9.17) is 0 Å². The number of rotatable bonds is 4. The summed E-state index contributed by atoms with van der Waals surface area (Å²) in [6, 6.07) is -0.712. The van der Waals surface area contributed by atoms with Gasteiger partial charge in [-0.05, 0) is 18.8 Å². The van der Waals surface area contributed by atoms with E-state index in [2.05, 4.69) is 10.1 Å². The van der Waals surface area contributed by atoms with Crippen LogP contribution in [-0.2, 0) is 9.53 Å². The summed E-state index contributed by atoms with van der Waals surface area (Å²) in [6.07, 6.45) is -0.0957. The first kappa shape index (κ1) is 14.2. The summed E-state index contributed by atoms with van der Waals surface area (Å²) in [5.74, 6) is -4.37. The summed E-state index contributed by atoms with van der Waals surface area (Å²) >= 11 is 0. The lowest BCUT2D eigenvalue weighted by Gasteiger charge is -2.26. The molecule has 4 nitrogen and oxygen atoms in total. The quantitative estimate of drug-likeness (QED) is 0.856. The summed E-state index contributed by atoms with van der Waals surface area (Å²) in [7, 11) is 1.21. The normalized spacial score (nSPS) is 32.6. The van der Waals surface area contributed by atoms with Crippen molar-refractivity contribution < 1.29 is 23.1 Å². The Balaban J connectivity index is 2.03. The van der Waals surface area contributed by atoms with Gasteiger partial charge in [0.05, 0.1) is 13.2 Å². The van der Waals surface area contributed by atoms with Crippen LogP contribution in [0.2, 0.25) is 0 Å². The molecule has 1 N–H and O–H groups in total. The highest BCUT2D eigenvalue weighted by atomic mass is 19.3. The first-order valence-corrected chi connectivity index (χ1v) is 6.55. The molecule has 1 amide bonds. The van der Waals surface area contributed by atoms with Crippen LogP contribution in [0.25, 0.3) is 0 Å². The lowest BCUT2D eigenvalue weighted by molar-refractivity contribution is -0.125. The van der Waals surface area contributed by atoms with Crippen LogP contribution in [0.15, 0.2) is 0 Å². The molecule has 0 aromatic carbocycles. The van der Waals surface area contributed by atoms with Gasteiger partial charge in [0.1, 0.15) is 0 Å². The van der Waals surface area contributed by atoms with E-state index in [1.54, 1.807) is 13.8 Å². The van der Waals surface area contributed by atoms with Crippen molar-refractivity contribution in [3.05, 3.63) is 0 Å². The van der Waals surface area contributed by atoms with Crippen LogP contribution in [0.4, 0.5) is 13.6 Å².